The normalized spacial score (nSPS) is 24.2. The van der Waals surface area contributed by atoms with Crippen LogP contribution in [0.15, 0.2) is 18.2 Å². The Labute approximate surface area is 201 Å². The molecule has 2 N–H and O–H groups in total. The Balaban J connectivity index is 1.98. The predicted octanol–water partition coefficient (Wildman–Crippen LogP) is 0.0875. The molecule has 1 aromatic carbocycles. The van der Waals surface area contributed by atoms with Crippen molar-refractivity contribution in [3.05, 3.63) is 29.6 Å². The van der Waals surface area contributed by atoms with Crippen LogP contribution in [-0.2, 0) is 19.2 Å². The standard InChI is InChI=1S/C23H29FN4O7/c1-13(29)25-15-9-16-12-35-19-6-4-14(24)8-17(19)22(32)27(3)18(23(33)34)5-7-20(30)26(2)11-21(31)28(16)10-15/h4,6,8,15-16,18H,5,7,9-12H2,1-3H3,(H,25,29)(H,33,34)/t15-,16-,18-/m0/s1. The molecule has 1 saturated heterocycles. The summed E-state index contributed by atoms with van der Waals surface area (Å²) >= 11 is 0. The van der Waals surface area contributed by atoms with Crippen molar-refractivity contribution in [1.29, 1.82) is 0 Å². The lowest BCUT2D eigenvalue weighted by Crippen LogP contribution is -2.46. The Bertz CT molecular complexity index is 1030. The summed E-state index contributed by atoms with van der Waals surface area (Å²) in [5.74, 6) is -3.85. The lowest BCUT2D eigenvalue weighted by Gasteiger charge is -2.27. The highest BCUT2D eigenvalue weighted by atomic mass is 19.1. The molecule has 0 aliphatic carbocycles. The molecule has 0 saturated carbocycles. The third kappa shape index (κ3) is 6.06. The highest BCUT2D eigenvalue weighted by Crippen LogP contribution is 2.26. The zero-order valence-corrected chi connectivity index (χ0v) is 19.8. The van der Waals surface area contributed by atoms with Crippen LogP contribution in [0.3, 0.4) is 0 Å². The quantitative estimate of drug-likeness (QED) is 0.597. The molecule has 2 heterocycles. The van der Waals surface area contributed by atoms with Gasteiger partial charge >= 0.3 is 5.97 Å². The molecule has 4 amide bonds. The van der Waals surface area contributed by atoms with Gasteiger partial charge in [-0.15, -0.1) is 0 Å². The van der Waals surface area contributed by atoms with E-state index >= 15 is 0 Å². The Morgan fingerprint density at radius 1 is 1.17 bits per heavy atom. The van der Waals surface area contributed by atoms with Crippen molar-refractivity contribution < 1.29 is 38.2 Å². The van der Waals surface area contributed by atoms with E-state index in [2.05, 4.69) is 5.32 Å². The van der Waals surface area contributed by atoms with E-state index in [1.54, 1.807) is 0 Å². The summed E-state index contributed by atoms with van der Waals surface area (Å²) < 4.78 is 19.9. The van der Waals surface area contributed by atoms with E-state index in [-0.39, 0.29) is 61.7 Å². The number of ether oxygens (including phenoxy) is 1. The van der Waals surface area contributed by atoms with Gasteiger partial charge in [0.25, 0.3) is 5.91 Å². The number of aliphatic carboxylic acids is 1. The molecule has 1 fully saturated rings. The minimum absolute atomic E-state index is 0.0332. The minimum atomic E-state index is -1.35. The number of carboxylic acids is 1. The maximum atomic E-state index is 14.0. The van der Waals surface area contributed by atoms with Gasteiger partial charge in [0.15, 0.2) is 0 Å². The summed E-state index contributed by atoms with van der Waals surface area (Å²) in [6.45, 7) is 1.29. The lowest BCUT2D eigenvalue weighted by atomic mass is 10.1. The van der Waals surface area contributed by atoms with E-state index in [1.807, 2.05) is 0 Å². The average Bonchev–Trinajstić information content (AvgIpc) is 3.18. The van der Waals surface area contributed by atoms with Crippen molar-refractivity contribution in [2.24, 2.45) is 0 Å². The van der Waals surface area contributed by atoms with Gasteiger partial charge in [-0.1, -0.05) is 0 Å². The zero-order valence-electron chi connectivity index (χ0n) is 19.8. The van der Waals surface area contributed by atoms with Crippen LogP contribution in [0.25, 0.3) is 0 Å². The number of nitrogens with one attached hydrogen (secondary N) is 1. The van der Waals surface area contributed by atoms with Crippen LogP contribution in [0.2, 0.25) is 0 Å². The number of halogens is 1. The molecule has 0 radical (unpaired) electrons. The number of benzene rings is 1. The number of carbonyl (C=O) groups is 5. The molecule has 11 nitrogen and oxygen atoms in total. The summed E-state index contributed by atoms with van der Waals surface area (Å²) in [5.41, 5.74) is -0.175. The Kier molecular flexibility index (Phi) is 7.92. The molecule has 0 unspecified atom stereocenters. The van der Waals surface area contributed by atoms with Gasteiger partial charge in [-0.25, -0.2) is 9.18 Å². The second-order valence-corrected chi connectivity index (χ2v) is 8.84. The molecule has 12 heteroatoms. The minimum Gasteiger partial charge on any atom is -0.491 e. The maximum absolute atomic E-state index is 14.0. The fourth-order valence-corrected chi connectivity index (χ4v) is 4.40. The van der Waals surface area contributed by atoms with Gasteiger partial charge in [0.1, 0.15) is 24.2 Å². The third-order valence-corrected chi connectivity index (χ3v) is 6.25. The smallest absolute Gasteiger partial charge is 0.326 e. The average molecular weight is 493 g/mol. The zero-order chi connectivity index (χ0) is 25.9. The number of carboxylic acid groups (broad SMARTS) is 1. The fraction of sp³-hybridized carbons (Fsp3) is 0.522. The highest BCUT2D eigenvalue weighted by molar-refractivity contribution is 5.99. The number of hydrogen-bond acceptors (Lipinski definition) is 6. The molecule has 0 aromatic heterocycles. The molecule has 0 bridgehead atoms. The monoisotopic (exact) mass is 492 g/mol. The van der Waals surface area contributed by atoms with Gasteiger partial charge in [-0.3, -0.25) is 19.2 Å². The van der Waals surface area contributed by atoms with Gasteiger partial charge in [0.2, 0.25) is 17.7 Å². The first-order chi connectivity index (χ1) is 16.5. The van der Waals surface area contributed by atoms with E-state index in [0.29, 0.717) is 6.42 Å². The number of nitrogens with zero attached hydrogens (tertiary/aromatic N) is 3. The molecule has 3 rings (SSSR count). The fourth-order valence-electron chi connectivity index (χ4n) is 4.40. The summed E-state index contributed by atoms with van der Waals surface area (Å²) in [4.78, 5) is 65.9. The molecule has 1 aromatic rings. The second kappa shape index (κ2) is 10.7. The van der Waals surface area contributed by atoms with Crippen LogP contribution in [0, 0.1) is 5.82 Å². The van der Waals surface area contributed by atoms with Crippen molar-refractivity contribution in [3.8, 4) is 5.75 Å². The topological polar surface area (TPSA) is 137 Å². The van der Waals surface area contributed by atoms with Gasteiger partial charge in [0.05, 0.1) is 18.2 Å². The third-order valence-electron chi connectivity index (χ3n) is 6.25. The van der Waals surface area contributed by atoms with Crippen LogP contribution < -0.4 is 10.1 Å². The van der Waals surface area contributed by atoms with Crippen molar-refractivity contribution in [3.63, 3.8) is 0 Å². The van der Waals surface area contributed by atoms with Crippen molar-refractivity contribution in [2.45, 2.75) is 44.3 Å². The van der Waals surface area contributed by atoms with Gasteiger partial charge in [-0.2, -0.15) is 0 Å². The summed E-state index contributed by atoms with van der Waals surface area (Å²) in [6, 6.07) is 1.20. The van der Waals surface area contributed by atoms with Crippen molar-refractivity contribution >= 4 is 29.6 Å². The van der Waals surface area contributed by atoms with Crippen molar-refractivity contribution in [2.75, 3.05) is 33.8 Å². The summed E-state index contributed by atoms with van der Waals surface area (Å²) in [6.07, 6.45) is -0.0331. The molecule has 2 aliphatic heterocycles. The van der Waals surface area contributed by atoms with Gasteiger partial charge in [0, 0.05) is 40.0 Å². The van der Waals surface area contributed by atoms with E-state index in [0.717, 1.165) is 17.0 Å². The van der Waals surface area contributed by atoms with Crippen LogP contribution >= 0.6 is 0 Å². The van der Waals surface area contributed by atoms with Crippen LogP contribution in [0.5, 0.6) is 5.75 Å². The van der Waals surface area contributed by atoms with E-state index in [9.17, 15) is 33.5 Å². The molecule has 0 spiro atoms. The maximum Gasteiger partial charge on any atom is 0.326 e. The number of hydrogen-bond donors (Lipinski definition) is 2. The SMILES string of the molecule is CC(=O)N[C@H]1C[C@H]2COc3ccc(F)cc3C(=O)N(C)[C@H](C(=O)O)CCC(=O)N(C)CC(=O)N2C1. The number of fused-ring (bicyclic) bond motifs is 2. The summed E-state index contributed by atoms with van der Waals surface area (Å²) in [5, 5.41) is 12.4. The van der Waals surface area contributed by atoms with Gasteiger partial charge < -0.3 is 29.9 Å². The van der Waals surface area contributed by atoms with Crippen molar-refractivity contribution in [1.82, 2.24) is 20.0 Å². The van der Waals surface area contributed by atoms with Crippen LogP contribution in [0.1, 0.15) is 36.5 Å². The van der Waals surface area contributed by atoms with E-state index < -0.39 is 35.7 Å². The molecule has 190 valence electrons. The molecule has 35 heavy (non-hydrogen) atoms. The number of rotatable bonds is 2. The lowest BCUT2D eigenvalue weighted by molar-refractivity contribution is -0.143. The highest BCUT2D eigenvalue weighted by Gasteiger charge is 2.37. The molecule has 3 atom stereocenters. The Morgan fingerprint density at radius 3 is 2.54 bits per heavy atom. The number of amides is 4. The Hall–Kier alpha value is -3.70. The summed E-state index contributed by atoms with van der Waals surface area (Å²) in [7, 11) is 2.71. The predicted molar refractivity (Wildman–Crippen MR) is 120 cm³/mol. The Morgan fingerprint density at radius 2 is 1.89 bits per heavy atom. The molecular formula is C23H29FN4O7. The van der Waals surface area contributed by atoms with Crippen LogP contribution in [0.4, 0.5) is 4.39 Å². The van der Waals surface area contributed by atoms with Gasteiger partial charge in [-0.05, 0) is 31.0 Å². The largest absolute Gasteiger partial charge is 0.491 e. The first-order valence-electron chi connectivity index (χ1n) is 11.2. The first-order valence-corrected chi connectivity index (χ1v) is 11.2. The second-order valence-electron chi connectivity index (χ2n) is 8.84. The van der Waals surface area contributed by atoms with E-state index in [1.165, 1.54) is 36.9 Å². The first kappa shape index (κ1) is 25.9. The van der Waals surface area contributed by atoms with Crippen LogP contribution in [-0.4, -0.2) is 101 Å². The molecule has 2 aliphatic rings. The van der Waals surface area contributed by atoms with E-state index in [4.69, 9.17) is 4.74 Å². The molecular weight excluding hydrogens is 463 g/mol. The number of carbonyl (C=O) groups excluding carboxylic acids is 4. The number of likely N-dealkylation sites (N-methyl/N-ethyl adjacent to an activating group) is 2.